The summed E-state index contributed by atoms with van der Waals surface area (Å²) in [6, 6.07) is 5.83. The lowest BCUT2D eigenvalue weighted by atomic mass is 10.2. The van der Waals surface area contributed by atoms with Crippen LogP contribution in [0.25, 0.3) is 0 Å². The van der Waals surface area contributed by atoms with E-state index in [4.69, 9.17) is 23.7 Å². The molecule has 0 amide bonds. The molecule has 1 N–H and O–H groups in total. The van der Waals surface area contributed by atoms with Crippen LogP contribution in [0.2, 0.25) is 0 Å². The molecule has 6 heteroatoms. The SMILES string of the molecule is C=O.CNc1ccc(OCCCOC)c(OCCCOC)c1. The third-order valence-electron chi connectivity index (χ3n) is 2.73. The standard InChI is InChI=1S/C15H25NO4.CH2O/c1-16-13-6-7-14(19-10-4-8-17-2)15(12-13)20-11-5-9-18-3;1-2/h6-7,12,16H,4-5,8-11H2,1-3H3;1H2. The summed E-state index contributed by atoms with van der Waals surface area (Å²) in [6.45, 7) is 4.60. The van der Waals surface area contributed by atoms with Gasteiger partial charge in [0.25, 0.3) is 0 Å². The van der Waals surface area contributed by atoms with E-state index in [1.807, 2.05) is 32.0 Å². The molecule has 22 heavy (non-hydrogen) atoms. The minimum Gasteiger partial charge on any atom is -0.490 e. The molecule has 0 fully saturated rings. The van der Waals surface area contributed by atoms with Gasteiger partial charge < -0.3 is 29.1 Å². The lowest BCUT2D eigenvalue weighted by Crippen LogP contribution is -2.06. The van der Waals surface area contributed by atoms with Crippen molar-refractivity contribution in [3.05, 3.63) is 18.2 Å². The third kappa shape index (κ3) is 8.49. The summed E-state index contributed by atoms with van der Waals surface area (Å²) in [5.74, 6) is 1.52. The molecule has 0 heterocycles. The predicted molar refractivity (Wildman–Crippen MR) is 87.1 cm³/mol. The Morgan fingerprint density at radius 2 is 1.45 bits per heavy atom. The van der Waals surface area contributed by atoms with E-state index >= 15 is 0 Å². The van der Waals surface area contributed by atoms with Crippen molar-refractivity contribution in [2.45, 2.75) is 12.8 Å². The van der Waals surface area contributed by atoms with Crippen molar-refractivity contribution in [3.63, 3.8) is 0 Å². The summed E-state index contributed by atoms with van der Waals surface area (Å²) in [7, 11) is 5.25. The maximum absolute atomic E-state index is 8.00. The topological polar surface area (TPSA) is 66.0 Å². The van der Waals surface area contributed by atoms with Crippen LogP contribution in [0.5, 0.6) is 11.5 Å². The molecule has 0 aliphatic rings. The van der Waals surface area contributed by atoms with Crippen LogP contribution in [0.3, 0.4) is 0 Å². The molecule has 126 valence electrons. The first-order valence-electron chi connectivity index (χ1n) is 7.16. The second-order valence-corrected chi connectivity index (χ2v) is 4.30. The number of ether oxygens (including phenoxy) is 4. The number of methoxy groups -OCH3 is 2. The maximum atomic E-state index is 8.00. The molecule has 0 radical (unpaired) electrons. The summed E-state index contributed by atoms with van der Waals surface area (Å²) < 4.78 is 21.5. The fraction of sp³-hybridized carbons (Fsp3) is 0.562. The maximum Gasteiger partial charge on any atom is 0.163 e. The number of hydrogen-bond acceptors (Lipinski definition) is 6. The number of hydrogen-bond donors (Lipinski definition) is 1. The Morgan fingerprint density at radius 1 is 0.909 bits per heavy atom. The van der Waals surface area contributed by atoms with Crippen molar-refractivity contribution >= 4 is 12.5 Å². The molecule has 0 saturated carbocycles. The number of nitrogens with one attached hydrogen (secondary N) is 1. The average Bonchev–Trinajstić information content (AvgIpc) is 2.58. The molecule has 0 saturated heterocycles. The van der Waals surface area contributed by atoms with Gasteiger partial charge in [0.1, 0.15) is 6.79 Å². The van der Waals surface area contributed by atoms with Gasteiger partial charge in [-0.2, -0.15) is 0 Å². The summed E-state index contributed by atoms with van der Waals surface area (Å²) in [5.41, 5.74) is 0.996. The Kier molecular flexibility index (Phi) is 13.0. The fourth-order valence-electron chi connectivity index (χ4n) is 1.67. The van der Waals surface area contributed by atoms with Crippen molar-refractivity contribution in [1.29, 1.82) is 0 Å². The summed E-state index contributed by atoms with van der Waals surface area (Å²) >= 11 is 0. The molecule has 0 aromatic heterocycles. The normalized spacial score (nSPS) is 9.59. The van der Waals surface area contributed by atoms with Gasteiger partial charge in [0.05, 0.1) is 13.2 Å². The predicted octanol–water partition coefficient (Wildman–Crippen LogP) is 2.37. The van der Waals surface area contributed by atoms with Crippen molar-refractivity contribution in [1.82, 2.24) is 0 Å². The van der Waals surface area contributed by atoms with Gasteiger partial charge in [0.15, 0.2) is 11.5 Å². The number of carbonyl (C=O) groups excluding carboxylic acids is 1. The van der Waals surface area contributed by atoms with Crippen LogP contribution >= 0.6 is 0 Å². The molecule has 0 spiro atoms. The molecule has 0 bridgehead atoms. The molecule has 0 atom stereocenters. The molecule has 1 rings (SSSR count). The second-order valence-electron chi connectivity index (χ2n) is 4.30. The van der Waals surface area contributed by atoms with Crippen molar-refractivity contribution in [2.75, 3.05) is 53.0 Å². The average molecular weight is 313 g/mol. The highest BCUT2D eigenvalue weighted by molar-refractivity contribution is 5.54. The lowest BCUT2D eigenvalue weighted by Gasteiger charge is -2.14. The first-order chi connectivity index (χ1) is 10.8. The molecular formula is C16H27NO5. The van der Waals surface area contributed by atoms with Gasteiger partial charge in [-0.1, -0.05) is 0 Å². The minimum absolute atomic E-state index is 0.607. The van der Waals surface area contributed by atoms with Crippen molar-refractivity contribution in [2.24, 2.45) is 0 Å². The Bertz CT molecular complexity index is 387. The first-order valence-corrected chi connectivity index (χ1v) is 7.16. The highest BCUT2D eigenvalue weighted by atomic mass is 16.5. The molecule has 0 aliphatic heterocycles. The van der Waals surface area contributed by atoms with Crippen LogP contribution in [0.15, 0.2) is 18.2 Å². The molecule has 0 aliphatic carbocycles. The zero-order chi connectivity index (χ0) is 16.6. The van der Waals surface area contributed by atoms with E-state index in [0.717, 1.165) is 30.0 Å². The van der Waals surface area contributed by atoms with Gasteiger partial charge in [0.2, 0.25) is 0 Å². The van der Waals surface area contributed by atoms with Gasteiger partial charge >= 0.3 is 0 Å². The van der Waals surface area contributed by atoms with Crippen LogP contribution in [0, 0.1) is 0 Å². The van der Waals surface area contributed by atoms with E-state index in [9.17, 15) is 0 Å². The first kappa shape index (κ1) is 20.2. The van der Waals surface area contributed by atoms with E-state index in [1.54, 1.807) is 14.2 Å². The molecule has 0 unspecified atom stereocenters. The van der Waals surface area contributed by atoms with Gasteiger partial charge in [-0.15, -0.1) is 0 Å². The van der Waals surface area contributed by atoms with Gasteiger partial charge in [-0.3, -0.25) is 0 Å². The number of carbonyl (C=O) groups is 1. The van der Waals surface area contributed by atoms with Crippen LogP contribution in [0.1, 0.15) is 12.8 Å². The smallest absolute Gasteiger partial charge is 0.163 e. The largest absolute Gasteiger partial charge is 0.490 e. The zero-order valence-corrected chi connectivity index (χ0v) is 13.7. The Morgan fingerprint density at radius 3 is 1.95 bits per heavy atom. The Hall–Kier alpha value is -1.79. The van der Waals surface area contributed by atoms with E-state index in [0.29, 0.717) is 26.4 Å². The van der Waals surface area contributed by atoms with Crippen molar-refractivity contribution < 1.29 is 23.7 Å². The van der Waals surface area contributed by atoms with E-state index < -0.39 is 0 Å². The Balaban J connectivity index is 0.00000211. The van der Waals surface area contributed by atoms with Crippen LogP contribution in [-0.4, -0.2) is 54.5 Å². The molecule has 1 aromatic carbocycles. The molecular weight excluding hydrogens is 286 g/mol. The fourth-order valence-corrected chi connectivity index (χ4v) is 1.67. The van der Waals surface area contributed by atoms with Crippen molar-refractivity contribution in [3.8, 4) is 11.5 Å². The van der Waals surface area contributed by atoms with Crippen LogP contribution < -0.4 is 14.8 Å². The highest BCUT2D eigenvalue weighted by Gasteiger charge is 2.06. The lowest BCUT2D eigenvalue weighted by molar-refractivity contribution is -0.0979. The number of rotatable bonds is 11. The minimum atomic E-state index is 0.607. The second kappa shape index (κ2) is 14.2. The van der Waals surface area contributed by atoms with E-state index in [1.165, 1.54) is 0 Å². The monoisotopic (exact) mass is 313 g/mol. The quantitative estimate of drug-likeness (QED) is 0.633. The molecule has 6 nitrogen and oxygen atoms in total. The number of benzene rings is 1. The zero-order valence-electron chi connectivity index (χ0n) is 13.7. The highest BCUT2D eigenvalue weighted by Crippen LogP contribution is 2.30. The van der Waals surface area contributed by atoms with Gasteiger partial charge in [-0.25, -0.2) is 0 Å². The van der Waals surface area contributed by atoms with Crippen LogP contribution in [0.4, 0.5) is 5.69 Å². The summed E-state index contributed by atoms with van der Waals surface area (Å²) in [5, 5.41) is 3.09. The number of anilines is 1. The summed E-state index contributed by atoms with van der Waals surface area (Å²) in [6.07, 6.45) is 1.71. The summed E-state index contributed by atoms with van der Waals surface area (Å²) in [4.78, 5) is 8.00. The molecule has 1 aromatic rings. The van der Waals surface area contributed by atoms with E-state index in [-0.39, 0.29) is 0 Å². The Labute approximate surface area is 132 Å². The van der Waals surface area contributed by atoms with Gasteiger partial charge in [-0.05, 0) is 12.1 Å². The van der Waals surface area contributed by atoms with E-state index in [2.05, 4.69) is 5.32 Å². The van der Waals surface area contributed by atoms with Gasteiger partial charge in [0, 0.05) is 59.1 Å². The third-order valence-corrected chi connectivity index (χ3v) is 2.73. The van der Waals surface area contributed by atoms with Crippen LogP contribution in [-0.2, 0) is 14.3 Å².